The summed E-state index contributed by atoms with van der Waals surface area (Å²) in [6, 6.07) is 8.78. The summed E-state index contributed by atoms with van der Waals surface area (Å²) < 4.78 is 38.2. The average Bonchev–Trinajstić information content (AvgIpc) is 2.64. The van der Waals surface area contributed by atoms with Crippen LogP contribution in [0.4, 0.5) is 10.5 Å². The predicted octanol–water partition coefficient (Wildman–Crippen LogP) is 4.94. The second-order valence-electron chi connectivity index (χ2n) is 6.79. The number of methoxy groups -OCH3 is 2. The number of nitrogens with zero attached hydrogens (tertiary/aromatic N) is 2. The second-order valence-corrected chi connectivity index (χ2v) is 7.35. The van der Waals surface area contributed by atoms with Crippen LogP contribution in [0, 0.1) is 0 Å². The molecule has 0 aliphatic carbocycles. The average molecular weight is 440 g/mol. The van der Waals surface area contributed by atoms with Crippen molar-refractivity contribution in [2.75, 3.05) is 19.0 Å². The number of ether oxygens (including phenoxy) is 3. The lowest BCUT2D eigenvalue weighted by Gasteiger charge is -2.28. The largest absolute Gasteiger partial charge is 0.497 e. The first-order chi connectivity index (χ1) is 13.9. The van der Waals surface area contributed by atoms with Crippen LogP contribution in [0.25, 0.3) is 0 Å². The summed E-state index contributed by atoms with van der Waals surface area (Å²) in [5.74, 6) is 0.638. The van der Waals surface area contributed by atoms with Crippen molar-refractivity contribution in [3.05, 3.63) is 47.8 Å². The molecule has 0 N–H and O–H groups in total. The fourth-order valence-corrected chi connectivity index (χ4v) is 2.62. The van der Waals surface area contributed by atoms with Crippen molar-refractivity contribution in [2.45, 2.75) is 38.2 Å². The van der Waals surface area contributed by atoms with Gasteiger partial charge in [-0.05, 0) is 44.5 Å². The molecule has 2 aromatic rings. The van der Waals surface area contributed by atoms with Gasteiger partial charge in [-0.2, -0.15) is 0 Å². The van der Waals surface area contributed by atoms with Crippen LogP contribution in [-0.2, 0) is 16.6 Å². The monoisotopic (exact) mass is 439 g/mol. The van der Waals surface area contributed by atoms with E-state index in [0.29, 0.717) is 16.8 Å². The third kappa shape index (κ3) is 5.85. The summed E-state index contributed by atoms with van der Waals surface area (Å²) >= 11 is 3.33. The van der Waals surface area contributed by atoms with Crippen LogP contribution in [0.3, 0.4) is 0 Å². The van der Waals surface area contributed by atoms with Crippen LogP contribution in [0.5, 0.6) is 11.5 Å². The van der Waals surface area contributed by atoms with E-state index >= 15 is 0 Å². The Morgan fingerprint density at radius 2 is 1.96 bits per heavy atom. The van der Waals surface area contributed by atoms with Crippen molar-refractivity contribution in [3.8, 4) is 11.5 Å². The van der Waals surface area contributed by atoms with E-state index in [4.69, 9.17) is 18.3 Å². The number of carbonyl (C=O) groups is 1. The van der Waals surface area contributed by atoms with Gasteiger partial charge in [-0.1, -0.05) is 28.1 Å². The number of hydrogen-bond acceptors (Lipinski definition) is 5. The van der Waals surface area contributed by atoms with E-state index in [-0.39, 0.29) is 18.0 Å². The highest BCUT2D eigenvalue weighted by Crippen LogP contribution is 2.31. The number of aromatic nitrogens is 1. The molecular weight excluding hydrogens is 412 g/mol. The zero-order valence-electron chi connectivity index (χ0n) is 18.8. The first-order valence-electron chi connectivity index (χ1n) is 9.79. The molecule has 0 saturated carbocycles. The van der Waals surface area contributed by atoms with Gasteiger partial charge in [-0.3, -0.25) is 9.88 Å². The fourth-order valence-electron chi connectivity index (χ4n) is 2.32. The molecule has 0 radical (unpaired) electrons. The minimum absolute atomic E-state index is 0.0425. The lowest BCUT2D eigenvalue weighted by atomic mass is 10.2. The van der Waals surface area contributed by atoms with Crippen molar-refractivity contribution in [2.24, 2.45) is 0 Å². The van der Waals surface area contributed by atoms with Crippen LogP contribution >= 0.6 is 15.9 Å². The van der Waals surface area contributed by atoms with E-state index < -0.39 is 18.7 Å². The maximum Gasteiger partial charge on any atom is 0.415 e. The Bertz CT molecular complexity index is 868. The fraction of sp³-hybridized carbons (Fsp3) is 0.400. The van der Waals surface area contributed by atoms with E-state index in [1.807, 2.05) is 12.1 Å². The SMILES string of the molecule is [2H]C([2H])([2H])Oc1cnc(CBr)cc1N(Cc1ccc(OC)cc1)C(=O)OC(C)(C)C. The Kier molecular flexibility index (Phi) is 5.67. The third-order valence-electron chi connectivity index (χ3n) is 3.55. The first-order valence-corrected chi connectivity index (χ1v) is 9.41. The summed E-state index contributed by atoms with van der Waals surface area (Å²) in [6.07, 6.45) is 0.657. The number of benzene rings is 1. The number of anilines is 1. The quantitative estimate of drug-likeness (QED) is 0.596. The minimum atomic E-state index is -2.70. The normalized spacial score (nSPS) is 13.1. The Balaban J connectivity index is 2.52. The molecule has 1 amide bonds. The van der Waals surface area contributed by atoms with Crippen LogP contribution in [-0.4, -0.2) is 30.8 Å². The van der Waals surface area contributed by atoms with Crippen LogP contribution in [0.1, 0.15) is 36.1 Å². The molecule has 0 fully saturated rings. The molecule has 0 saturated heterocycles. The zero-order chi connectivity index (χ0) is 22.5. The lowest BCUT2D eigenvalue weighted by molar-refractivity contribution is 0.0576. The van der Waals surface area contributed by atoms with Gasteiger partial charge in [0.15, 0.2) is 5.75 Å². The predicted molar refractivity (Wildman–Crippen MR) is 109 cm³/mol. The van der Waals surface area contributed by atoms with Crippen LogP contribution < -0.4 is 14.4 Å². The van der Waals surface area contributed by atoms with Crippen molar-refractivity contribution < 1.29 is 23.1 Å². The summed E-state index contributed by atoms with van der Waals surface area (Å²) in [5, 5.41) is 0.415. The number of carbonyl (C=O) groups excluding carboxylic acids is 1. The molecular formula is C20H25BrN2O4. The highest BCUT2D eigenvalue weighted by atomic mass is 79.9. The number of rotatable bonds is 6. The summed E-state index contributed by atoms with van der Waals surface area (Å²) in [6.45, 7) is 5.40. The van der Waals surface area contributed by atoms with E-state index in [9.17, 15) is 4.79 Å². The molecule has 0 aliphatic heterocycles. The maximum absolute atomic E-state index is 13.1. The van der Waals surface area contributed by atoms with Gasteiger partial charge in [-0.25, -0.2) is 4.79 Å². The van der Waals surface area contributed by atoms with Crippen molar-refractivity contribution >= 4 is 27.7 Å². The first kappa shape index (κ1) is 16.9. The third-order valence-corrected chi connectivity index (χ3v) is 4.13. The van der Waals surface area contributed by atoms with Gasteiger partial charge >= 0.3 is 6.09 Å². The summed E-state index contributed by atoms with van der Waals surface area (Å²) in [5.41, 5.74) is 0.900. The molecule has 0 unspecified atom stereocenters. The van der Waals surface area contributed by atoms with Gasteiger partial charge in [-0.15, -0.1) is 0 Å². The Morgan fingerprint density at radius 1 is 1.26 bits per heavy atom. The molecule has 0 spiro atoms. The maximum atomic E-state index is 13.1. The van der Waals surface area contributed by atoms with E-state index in [1.165, 1.54) is 11.1 Å². The summed E-state index contributed by atoms with van der Waals surface area (Å²) in [7, 11) is -1.13. The number of halogens is 1. The number of pyridine rings is 1. The van der Waals surface area contributed by atoms with E-state index in [1.54, 1.807) is 46.1 Å². The zero-order valence-corrected chi connectivity index (χ0v) is 17.4. The van der Waals surface area contributed by atoms with Gasteiger partial charge in [0.2, 0.25) is 0 Å². The summed E-state index contributed by atoms with van der Waals surface area (Å²) in [4.78, 5) is 18.6. The molecule has 0 atom stereocenters. The highest BCUT2D eigenvalue weighted by molar-refractivity contribution is 9.08. The van der Waals surface area contributed by atoms with Crippen molar-refractivity contribution in [1.82, 2.24) is 4.98 Å². The van der Waals surface area contributed by atoms with Crippen LogP contribution in [0.2, 0.25) is 0 Å². The Labute approximate surface area is 172 Å². The van der Waals surface area contributed by atoms with Gasteiger partial charge in [0.25, 0.3) is 0 Å². The molecule has 0 aliphatic rings. The molecule has 146 valence electrons. The molecule has 2 rings (SSSR count). The standard InChI is InChI=1S/C20H25BrN2O4/c1-20(2,3)27-19(24)23(13-14-6-8-16(25-4)9-7-14)17-10-15(11-21)22-12-18(17)26-5/h6-10,12H,11,13H2,1-5H3/i5D3. The van der Waals surface area contributed by atoms with Gasteiger partial charge in [0.05, 0.1) is 42.4 Å². The minimum Gasteiger partial charge on any atom is -0.497 e. The van der Waals surface area contributed by atoms with Gasteiger partial charge in [0.1, 0.15) is 11.4 Å². The van der Waals surface area contributed by atoms with E-state index in [0.717, 1.165) is 5.56 Å². The highest BCUT2D eigenvalue weighted by Gasteiger charge is 2.26. The lowest BCUT2D eigenvalue weighted by Crippen LogP contribution is -2.36. The Hall–Kier alpha value is -2.28. The molecule has 27 heavy (non-hydrogen) atoms. The second kappa shape index (κ2) is 9.08. The molecule has 1 heterocycles. The van der Waals surface area contributed by atoms with Crippen molar-refractivity contribution in [3.63, 3.8) is 0 Å². The smallest absolute Gasteiger partial charge is 0.415 e. The molecule has 0 bridgehead atoms. The molecule has 6 nitrogen and oxygen atoms in total. The topological polar surface area (TPSA) is 60.9 Å². The molecule has 1 aromatic carbocycles. The van der Waals surface area contributed by atoms with Crippen molar-refractivity contribution in [1.29, 1.82) is 0 Å². The van der Waals surface area contributed by atoms with Gasteiger partial charge in [0, 0.05) is 5.33 Å². The number of alkyl halides is 1. The molecule has 1 aromatic heterocycles. The molecule has 7 heteroatoms. The number of hydrogen-bond donors (Lipinski definition) is 0. The van der Waals surface area contributed by atoms with E-state index in [2.05, 4.69) is 20.9 Å². The van der Waals surface area contributed by atoms with Gasteiger partial charge < -0.3 is 14.2 Å². The van der Waals surface area contributed by atoms with Crippen LogP contribution in [0.15, 0.2) is 36.5 Å². The number of amides is 1. The Morgan fingerprint density at radius 3 is 2.52 bits per heavy atom.